The number of aliphatic carboxylic acids is 1. The van der Waals surface area contributed by atoms with Crippen molar-refractivity contribution >= 4 is 17.5 Å². The van der Waals surface area contributed by atoms with E-state index in [0.29, 0.717) is 17.9 Å². The lowest BCUT2D eigenvalue weighted by molar-refractivity contribution is -0.135. The van der Waals surface area contributed by atoms with Gasteiger partial charge in [0.2, 0.25) is 0 Å². The third-order valence-corrected chi connectivity index (χ3v) is 4.74. The predicted octanol–water partition coefficient (Wildman–Crippen LogP) is 3.88. The molecular weight excluding hydrogens is 292 g/mol. The predicted molar refractivity (Wildman–Crippen MR) is 89.4 cm³/mol. The van der Waals surface area contributed by atoms with E-state index >= 15 is 0 Å². The van der Waals surface area contributed by atoms with Gasteiger partial charge in [-0.15, -0.1) is 0 Å². The SMILES string of the molecule is CCc1cccc2c1[C@@](C)(CCC(C)C)C(=O)C(C(=O)O)=C2O. The second kappa shape index (κ2) is 6.19. The monoisotopic (exact) mass is 316 g/mol. The molecule has 0 amide bonds. The normalized spacial score (nSPS) is 20.8. The summed E-state index contributed by atoms with van der Waals surface area (Å²) in [6, 6.07) is 5.44. The van der Waals surface area contributed by atoms with Gasteiger partial charge in [-0.25, -0.2) is 4.79 Å². The molecule has 2 N–H and O–H groups in total. The van der Waals surface area contributed by atoms with E-state index < -0.39 is 28.5 Å². The summed E-state index contributed by atoms with van der Waals surface area (Å²) in [6.45, 7) is 7.96. The van der Waals surface area contributed by atoms with Gasteiger partial charge in [-0.2, -0.15) is 0 Å². The van der Waals surface area contributed by atoms with Crippen molar-refractivity contribution in [1.82, 2.24) is 0 Å². The molecule has 1 aromatic carbocycles. The molecule has 0 saturated heterocycles. The van der Waals surface area contributed by atoms with Gasteiger partial charge in [-0.1, -0.05) is 39.0 Å². The molecule has 1 atom stereocenters. The van der Waals surface area contributed by atoms with Crippen LogP contribution in [0.1, 0.15) is 57.2 Å². The second-order valence-corrected chi connectivity index (χ2v) is 6.82. The van der Waals surface area contributed by atoms with Gasteiger partial charge in [0.15, 0.2) is 5.78 Å². The minimum atomic E-state index is -1.36. The zero-order chi connectivity index (χ0) is 17.4. The summed E-state index contributed by atoms with van der Waals surface area (Å²) in [5.74, 6) is -1.85. The van der Waals surface area contributed by atoms with E-state index in [2.05, 4.69) is 13.8 Å². The van der Waals surface area contributed by atoms with E-state index in [9.17, 15) is 19.8 Å². The van der Waals surface area contributed by atoms with Crippen LogP contribution in [0.3, 0.4) is 0 Å². The minimum absolute atomic E-state index is 0.407. The van der Waals surface area contributed by atoms with Gasteiger partial charge >= 0.3 is 5.97 Å². The molecule has 4 heteroatoms. The van der Waals surface area contributed by atoms with Crippen molar-refractivity contribution in [1.29, 1.82) is 0 Å². The molecular formula is C19H24O4. The van der Waals surface area contributed by atoms with Crippen LogP contribution in [0.25, 0.3) is 5.76 Å². The van der Waals surface area contributed by atoms with Crippen LogP contribution in [0.5, 0.6) is 0 Å². The first-order valence-corrected chi connectivity index (χ1v) is 8.08. The Morgan fingerprint density at radius 3 is 2.48 bits per heavy atom. The number of aliphatic hydroxyl groups excluding tert-OH is 1. The van der Waals surface area contributed by atoms with Crippen molar-refractivity contribution in [2.45, 2.75) is 52.4 Å². The number of aliphatic hydroxyl groups is 1. The maximum absolute atomic E-state index is 12.9. The lowest BCUT2D eigenvalue weighted by atomic mass is 9.65. The molecule has 0 heterocycles. The highest BCUT2D eigenvalue weighted by Crippen LogP contribution is 2.44. The van der Waals surface area contributed by atoms with E-state index in [1.54, 1.807) is 12.1 Å². The maximum Gasteiger partial charge on any atom is 0.343 e. The van der Waals surface area contributed by atoms with Crippen molar-refractivity contribution in [3.05, 3.63) is 40.5 Å². The average molecular weight is 316 g/mol. The number of aryl methyl sites for hydroxylation is 1. The summed E-state index contributed by atoms with van der Waals surface area (Å²) in [7, 11) is 0. The van der Waals surface area contributed by atoms with Gasteiger partial charge < -0.3 is 10.2 Å². The van der Waals surface area contributed by atoms with Crippen molar-refractivity contribution in [3.8, 4) is 0 Å². The van der Waals surface area contributed by atoms with Crippen molar-refractivity contribution in [2.24, 2.45) is 5.92 Å². The van der Waals surface area contributed by atoms with E-state index in [4.69, 9.17) is 0 Å². The first-order chi connectivity index (χ1) is 10.7. The van der Waals surface area contributed by atoms with Gasteiger partial charge in [-0.05, 0) is 43.2 Å². The topological polar surface area (TPSA) is 74.6 Å². The maximum atomic E-state index is 12.9. The van der Waals surface area contributed by atoms with Crippen molar-refractivity contribution in [2.75, 3.05) is 0 Å². The molecule has 0 saturated carbocycles. The fourth-order valence-electron chi connectivity index (χ4n) is 3.39. The fraction of sp³-hybridized carbons (Fsp3) is 0.474. The summed E-state index contributed by atoms with van der Waals surface area (Å²) in [5.41, 5.74) is 0.852. The number of benzene rings is 1. The van der Waals surface area contributed by atoms with Gasteiger partial charge in [0.1, 0.15) is 11.3 Å². The summed E-state index contributed by atoms with van der Waals surface area (Å²) in [4.78, 5) is 24.5. The Morgan fingerprint density at radius 2 is 1.96 bits per heavy atom. The van der Waals surface area contributed by atoms with E-state index in [0.717, 1.165) is 24.0 Å². The van der Waals surface area contributed by atoms with Crippen LogP contribution in [0.15, 0.2) is 23.8 Å². The smallest absolute Gasteiger partial charge is 0.343 e. The Balaban J connectivity index is 2.75. The van der Waals surface area contributed by atoms with Gasteiger partial charge in [0, 0.05) is 5.56 Å². The number of ketones is 1. The van der Waals surface area contributed by atoms with E-state index in [1.807, 2.05) is 19.9 Å². The van der Waals surface area contributed by atoms with Gasteiger partial charge in [0.25, 0.3) is 0 Å². The highest BCUT2D eigenvalue weighted by Gasteiger charge is 2.47. The number of carboxylic acid groups (broad SMARTS) is 1. The molecule has 4 nitrogen and oxygen atoms in total. The molecule has 1 aliphatic carbocycles. The lowest BCUT2D eigenvalue weighted by Gasteiger charge is -2.36. The molecule has 0 unspecified atom stereocenters. The number of Topliss-reactive ketones (excluding diaryl/α,β-unsaturated/α-hetero) is 1. The minimum Gasteiger partial charge on any atom is -0.506 e. The molecule has 0 bridgehead atoms. The number of carbonyl (C=O) groups is 2. The number of fused-ring (bicyclic) bond motifs is 1. The second-order valence-electron chi connectivity index (χ2n) is 6.82. The first-order valence-electron chi connectivity index (χ1n) is 8.08. The van der Waals surface area contributed by atoms with Crippen LogP contribution >= 0.6 is 0 Å². The molecule has 23 heavy (non-hydrogen) atoms. The van der Waals surface area contributed by atoms with E-state index in [-0.39, 0.29) is 0 Å². The molecule has 0 radical (unpaired) electrons. The average Bonchev–Trinajstić information content (AvgIpc) is 2.50. The summed E-state index contributed by atoms with van der Waals surface area (Å²) >= 11 is 0. The molecule has 2 rings (SSSR count). The molecule has 0 aliphatic heterocycles. The molecule has 0 aromatic heterocycles. The highest BCUT2D eigenvalue weighted by atomic mass is 16.4. The van der Waals surface area contributed by atoms with Crippen LogP contribution in [-0.4, -0.2) is 22.0 Å². The molecule has 0 fully saturated rings. The lowest BCUT2D eigenvalue weighted by Crippen LogP contribution is -2.41. The highest BCUT2D eigenvalue weighted by molar-refractivity contribution is 6.26. The quantitative estimate of drug-likeness (QED) is 0.808. The number of carbonyl (C=O) groups excluding carboxylic acids is 1. The van der Waals surface area contributed by atoms with Crippen LogP contribution in [0.4, 0.5) is 0 Å². The summed E-state index contributed by atoms with van der Waals surface area (Å²) in [5, 5.41) is 19.8. The zero-order valence-corrected chi connectivity index (χ0v) is 14.1. The van der Waals surface area contributed by atoms with Crippen LogP contribution in [0.2, 0.25) is 0 Å². The number of rotatable bonds is 5. The van der Waals surface area contributed by atoms with Crippen molar-refractivity contribution < 1.29 is 19.8 Å². The number of carboxylic acids is 1. The number of hydrogen-bond donors (Lipinski definition) is 2. The summed E-state index contributed by atoms with van der Waals surface area (Å²) in [6.07, 6.45) is 2.11. The summed E-state index contributed by atoms with van der Waals surface area (Å²) < 4.78 is 0. The Labute approximate surface area is 136 Å². The van der Waals surface area contributed by atoms with E-state index in [1.165, 1.54) is 0 Å². The van der Waals surface area contributed by atoms with Gasteiger partial charge in [0.05, 0.1) is 5.41 Å². The Morgan fingerprint density at radius 1 is 1.30 bits per heavy atom. The Kier molecular flexibility index (Phi) is 4.64. The van der Waals surface area contributed by atoms with Crippen molar-refractivity contribution in [3.63, 3.8) is 0 Å². The third-order valence-electron chi connectivity index (χ3n) is 4.74. The number of hydrogen-bond acceptors (Lipinski definition) is 3. The van der Waals surface area contributed by atoms with Crippen LogP contribution < -0.4 is 0 Å². The first kappa shape index (κ1) is 17.3. The zero-order valence-electron chi connectivity index (χ0n) is 14.1. The van der Waals surface area contributed by atoms with Gasteiger partial charge in [-0.3, -0.25) is 4.79 Å². The molecule has 0 spiro atoms. The fourth-order valence-corrected chi connectivity index (χ4v) is 3.39. The molecule has 124 valence electrons. The Hall–Kier alpha value is -2.10. The third kappa shape index (κ3) is 2.78. The largest absolute Gasteiger partial charge is 0.506 e. The standard InChI is InChI=1S/C19H24O4/c1-5-12-7-6-8-13-15(12)19(4,10-9-11(2)3)17(21)14(16(13)20)18(22)23/h6-8,11,20H,5,9-10H2,1-4H3,(H,22,23)/t19-/m1/s1. The van der Waals surface area contributed by atoms with Crippen LogP contribution in [-0.2, 0) is 21.4 Å². The Bertz CT molecular complexity index is 685. The molecule has 1 aliphatic rings. The molecule has 1 aromatic rings. The van der Waals surface area contributed by atoms with Crippen LogP contribution in [0, 0.1) is 5.92 Å².